The van der Waals surface area contributed by atoms with Crippen molar-refractivity contribution in [3.63, 3.8) is 0 Å². The molecule has 0 radical (unpaired) electrons. The molecule has 10 heavy (non-hydrogen) atoms. The Morgan fingerprint density at radius 2 is 1.90 bits per heavy atom. The molecule has 4 N–H and O–H groups in total. The second-order valence-electron chi connectivity index (χ2n) is 1.98. The zero-order valence-electron chi connectivity index (χ0n) is 7.05. The van der Waals surface area contributed by atoms with Crippen LogP contribution in [0.1, 0.15) is 33.6 Å². The lowest BCUT2D eigenvalue weighted by Crippen LogP contribution is -2.19. The van der Waals surface area contributed by atoms with Crippen molar-refractivity contribution in [2.75, 3.05) is 0 Å². The van der Waals surface area contributed by atoms with Gasteiger partial charge in [0.05, 0.1) is 0 Å². The summed E-state index contributed by atoms with van der Waals surface area (Å²) in [5, 5.41) is 0. The number of rotatable bonds is 3. The molecule has 0 aliphatic carbocycles. The van der Waals surface area contributed by atoms with Gasteiger partial charge in [0, 0.05) is 12.5 Å². The maximum absolute atomic E-state index is 10.1. The highest BCUT2D eigenvalue weighted by molar-refractivity contribution is 5.73. The summed E-state index contributed by atoms with van der Waals surface area (Å²) in [6.07, 6.45) is 1.09. The van der Waals surface area contributed by atoms with Gasteiger partial charge in [0.15, 0.2) is 0 Å². The highest BCUT2D eigenvalue weighted by Crippen LogP contribution is 1.89. The number of carbonyl (C=O) groups is 1. The molecule has 1 atom stereocenters. The summed E-state index contributed by atoms with van der Waals surface area (Å²) in [5.41, 5.74) is 10.2. The van der Waals surface area contributed by atoms with Gasteiger partial charge in [0.2, 0.25) is 5.91 Å². The molecule has 0 bridgehead atoms. The first-order valence-electron chi connectivity index (χ1n) is 3.67. The van der Waals surface area contributed by atoms with E-state index in [4.69, 9.17) is 11.5 Å². The summed E-state index contributed by atoms with van der Waals surface area (Å²) in [5.74, 6) is -0.276. The first kappa shape index (κ1) is 12.1. The molecule has 3 heteroatoms. The van der Waals surface area contributed by atoms with Crippen LogP contribution >= 0.6 is 0 Å². The maximum Gasteiger partial charge on any atom is 0.217 e. The van der Waals surface area contributed by atoms with Gasteiger partial charge in [-0.2, -0.15) is 0 Å². The lowest BCUT2D eigenvalue weighted by atomic mass is 10.2. The quantitative estimate of drug-likeness (QED) is 0.613. The van der Waals surface area contributed by atoms with Crippen LogP contribution in [0.2, 0.25) is 0 Å². The van der Waals surface area contributed by atoms with Gasteiger partial charge in [-0.25, -0.2) is 0 Å². The second kappa shape index (κ2) is 8.43. The molecular formula is C7H18N2O. The lowest BCUT2D eigenvalue weighted by Gasteiger charge is -1.99. The van der Waals surface area contributed by atoms with E-state index >= 15 is 0 Å². The molecule has 0 aromatic carbocycles. The van der Waals surface area contributed by atoms with E-state index in [1.54, 1.807) is 0 Å². The molecule has 0 unspecified atom stereocenters. The van der Waals surface area contributed by atoms with Crippen LogP contribution in [0.5, 0.6) is 0 Å². The minimum absolute atomic E-state index is 0.0856. The Morgan fingerprint density at radius 3 is 2.00 bits per heavy atom. The van der Waals surface area contributed by atoms with Gasteiger partial charge >= 0.3 is 0 Å². The van der Waals surface area contributed by atoms with E-state index in [0.29, 0.717) is 12.8 Å². The van der Waals surface area contributed by atoms with Crippen LogP contribution in [0.4, 0.5) is 0 Å². The Kier molecular flexibility index (Phi) is 10.2. The lowest BCUT2D eigenvalue weighted by molar-refractivity contribution is -0.118. The molecule has 0 saturated heterocycles. The van der Waals surface area contributed by atoms with E-state index < -0.39 is 0 Å². The highest BCUT2D eigenvalue weighted by atomic mass is 16.1. The highest BCUT2D eigenvalue weighted by Gasteiger charge is 1.96. The summed E-state index contributed by atoms with van der Waals surface area (Å²) in [7, 11) is 0. The van der Waals surface area contributed by atoms with E-state index in [1.807, 2.05) is 20.8 Å². The largest absolute Gasteiger partial charge is 0.370 e. The SMILES string of the molecule is CC.C[C@@H](N)CCC(N)=O. The molecule has 0 aromatic rings. The molecule has 0 fully saturated rings. The van der Waals surface area contributed by atoms with Crippen LogP contribution in [0.3, 0.4) is 0 Å². The standard InChI is InChI=1S/C5H12N2O.C2H6/c1-4(6)2-3-5(7)8;1-2/h4H,2-3,6H2,1H3,(H2,7,8);1-2H3/t4-;/m1./s1. The van der Waals surface area contributed by atoms with Crippen molar-refractivity contribution in [3.05, 3.63) is 0 Å². The van der Waals surface area contributed by atoms with Crippen molar-refractivity contribution in [2.24, 2.45) is 11.5 Å². The molecule has 0 heterocycles. The van der Waals surface area contributed by atoms with Crippen LogP contribution in [-0.2, 0) is 4.79 Å². The third-order valence-electron chi connectivity index (χ3n) is 0.846. The molecule has 1 amide bonds. The molecule has 3 nitrogen and oxygen atoms in total. The van der Waals surface area contributed by atoms with Gasteiger partial charge < -0.3 is 11.5 Å². The summed E-state index contributed by atoms with van der Waals surface area (Å²) in [6.45, 7) is 5.85. The molecule has 0 rings (SSSR count). The molecule has 0 aromatic heterocycles. The van der Waals surface area contributed by atoms with Gasteiger partial charge in [-0.05, 0) is 13.3 Å². The smallest absolute Gasteiger partial charge is 0.217 e. The Bertz CT molecular complexity index is 81.7. The van der Waals surface area contributed by atoms with E-state index in [9.17, 15) is 4.79 Å². The number of hydrogen-bond donors (Lipinski definition) is 2. The van der Waals surface area contributed by atoms with Gasteiger partial charge in [-0.3, -0.25) is 4.79 Å². The number of hydrogen-bond acceptors (Lipinski definition) is 2. The fourth-order valence-corrected chi connectivity index (χ4v) is 0.370. The summed E-state index contributed by atoms with van der Waals surface area (Å²) >= 11 is 0. The minimum atomic E-state index is -0.276. The molecule has 62 valence electrons. The summed E-state index contributed by atoms with van der Waals surface area (Å²) in [6, 6.07) is 0.0856. The number of primary amides is 1. The van der Waals surface area contributed by atoms with Crippen LogP contribution in [0, 0.1) is 0 Å². The molecular weight excluding hydrogens is 128 g/mol. The fraction of sp³-hybridized carbons (Fsp3) is 0.857. The van der Waals surface area contributed by atoms with Crippen LogP contribution in [0.25, 0.3) is 0 Å². The van der Waals surface area contributed by atoms with Gasteiger partial charge in [-0.15, -0.1) is 0 Å². The van der Waals surface area contributed by atoms with E-state index in [-0.39, 0.29) is 11.9 Å². The zero-order valence-corrected chi connectivity index (χ0v) is 7.05. The van der Waals surface area contributed by atoms with E-state index in [2.05, 4.69) is 0 Å². The van der Waals surface area contributed by atoms with Crippen molar-refractivity contribution < 1.29 is 4.79 Å². The normalized spacial score (nSPS) is 11.2. The van der Waals surface area contributed by atoms with Crippen molar-refractivity contribution in [3.8, 4) is 0 Å². The van der Waals surface area contributed by atoms with Crippen LogP contribution < -0.4 is 11.5 Å². The topological polar surface area (TPSA) is 69.1 Å². The Morgan fingerprint density at radius 1 is 1.50 bits per heavy atom. The molecule has 0 spiro atoms. The second-order valence-corrected chi connectivity index (χ2v) is 1.98. The van der Waals surface area contributed by atoms with Crippen LogP contribution in [-0.4, -0.2) is 11.9 Å². The Balaban J connectivity index is 0. The first-order chi connectivity index (χ1) is 4.63. The molecule has 0 aliphatic heterocycles. The average molecular weight is 146 g/mol. The number of nitrogens with two attached hydrogens (primary N) is 2. The molecule has 0 saturated carbocycles. The number of carbonyl (C=O) groups excluding carboxylic acids is 1. The predicted molar refractivity (Wildman–Crippen MR) is 43.4 cm³/mol. The monoisotopic (exact) mass is 146 g/mol. The van der Waals surface area contributed by atoms with Crippen molar-refractivity contribution in [1.29, 1.82) is 0 Å². The van der Waals surface area contributed by atoms with Gasteiger partial charge in [-0.1, -0.05) is 13.8 Å². The van der Waals surface area contributed by atoms with Gasteiger partial charge in [0.1, 0.15) is 0 Å². The third kappa shape index (κ3) is 15.7. The minimum Gasteiger partial charge on any atom is -0.370 e. The summed E-state index contributed by atoms with van der Waals surface area (Å²) in [4.78, 5) is 10.1. The van der Waals surface area contributed by atoms with Crippen molar-refractivity contribution in [1.82, 2.24) is 0 Å². The Hall–Kier alpha value is -0.570. The van der Waals surface area contributed by atoms with Gasteiger partial charge in [0.25, 0.3) is 0 Å². The fourth-order valence-electron chi connectivity index (χ4n) is 0.370. The van der Waals surface area contributed by atoms with E-state index in [0.717, 1.165) is 0 Å². The van der Waals surface area contributed by atoms with Crippen molar-refractivity contribution >= 4 is 5.91 Å². The van der Waals surface area contributed by atoms with Crippen molar-refractivity contribution in [2.45, 2.75) is 39.7 Å². The molecule has 0 aliphatic rings. The Labute approximate surface area is 62.8 Å². The van der Waals surface area contributed by atoms with Crippen LogP contribution in [0.15, 0.2) is 0 Å². The number of amides is 1. The third-order valence-corrected chi connectivity index (χ3v) is 0.846. The summed E-state index contributed by atoms with van der Waals surface area (Å²) < 4.78 is 0. The maximum atomic E-state index is 10.1. The zero-order chi connectivity index (χ0) is 8.57. The predicted octanol–water partition coefficient (Wildman–Crippen LogP) is 0.625. The average Bonchev–Trinajstić information content (AvgIpc) is 1.89. The van der Waals surface area contributed by atoms with E-state index in [1.165, 1.54) is 0 Å². The first-order valence-corrected chi connectivity index (χ1v) is 3.67.